The normalized spacial score (nSPS) is 11.1. The highest BCUT2D eigenvalue weighted by Crippen LogP contribution is 2.28. The van der Waals surface area contributed by atoms with Crippen molar-refractivity contribution in [3.63, 3.8) is 0 Å². The average molecular weight is 385 g/mol. The van der Waals surface area contributed by atoms with E-state index in [0.717, 1.165) is 33.4 Å². The molecule has 0 atom stereocenters. The molecule has 29 heavy (non-hydrogen) atoms. The summed E-state index contributed by atoms with van der Waals surface area (Å²) in [4.78, 5) is 21.5. The van der Waals surface area contributed by atoms with E-state index >= 15 is 0 Å². The van der Waals surface area contributed by atoms with Gasteiger partial charge in [0.05, 0.1) is 12.6 Å². The number of benzene rings is 1. The Morgan fingerprint density at radius 1 is 1.14 bits per heavy atom. The van der Waals surface area contributed by atoms with Gasteiger partial charge in [0.2, 0.25) is 0 Å². The molecule has 0 spiro atoms. The molecule has 0 fully saturated rings. The number of fused-ring (bicyclic) bond motifs is 1. The zero-order chi connectivity index (χ0) is 20.6. The monoisotopic (exact) mass is 385 g/mol. The summed E-state index contributed by atoms with van der Waals surface area (Å²) < 4.78 is 5.22. The fourth-order valence-corrected chi connectivity index (χ4v) is 2.97. The largest absolute Gasteiger partial charge is 0.497 e. The molecule has 0 saturated carbocycles. The molecule has 2 heterocycles. The number of nitrogens with one attached hydrogen (secondary N) is 1. The number of hydrogen-bond acceptors (Lipinski definition) is 4. The van der Waals surface area contributed by atoms with Gasteiger partial charge in [0.1, 0.15) is 11.4 Å². The third-order valence-electron chi connectivity index (χ3n) is 4.53. The highest BCUT2D eigenvalue weighted by Gasteiger charge is 2.11. The van der Waals surface area contributed by atoms with Gasteiger partial charge in [-0.15, -0.1) is 0 Å². The number of hydrogen-bond donors (Lipinski definition) is 1. The molecule has 1 N–H and O–H groups in total. The topological polar surface area (TPSA) is 64.1 Å². The van der Waals surface area contributed by atoms with E-state index in [1.807, 2.05) is 36.4 Å². The van der Waals surface area contributed by atoms with Crippen molar-refractivity contribution in [2.75, 3.05) is 13.7 Å². The van der Waals surface area contributed by atoms with Crippen LogP contribution in [0.25, 0.3) is 22.0 Å². The van der Waals surface area contributed by atoms with E-state index in [0.29, 0.717) is 18.7 Å². The molecule has 0 bridgehead atoms. The lowest BCUT2D eigenvalue weighted by Crippen LogP contribution is -2.25. The van der Waals surface area contributed by atoms with Gasteiger partial charge in [-0.05, 0) is 41.8 Å². The van der Waals surface area contributed by atoms with E-state index in [1.54, 1.807) is 37.7 Å². The maximum Gasteiger partial charge on any atom is 0.269 e. The zero-order valence-electron chi connectivity index (χ0n) is 16.4. The van der Waals surface area contributed by atoms with Crippen molar-refractivity contribution in [3.8, 4) is 16.9 Å². The van der Waals surface area contributed by atoms with Gasteiger partial charge < -0.3 is 10.1 Å². The van der Waals surface area contributed by atoms with Crippen molar-refractivity contribution in [2.24, 2.45) is 0 Å². The Morgan fingerprint density at radius 3 is 2.62 bits per heavy atom. The third-order valence-corrected chi connectivity index (χ3v) is 4.53. The van der Waals surface area contributed by atoms with Crippen LogP contribution in [-0.4, -0.2) is 29.5 Å². The molecular weight excluding hydrogens is 362 g/mol. The van der Waals surface area contributed by atoms with Crippen LogP contribution in [0, 0.1) is 0 Å². The molecule has 0 saturated heterocycles. The van der Waals surface area contributed by atoms with Crippen LogP contribution < -0.4 is 10.1 Å². The molecule has 0 unspecified atom stereocenters. The Balaban J connectivity index is 1.84. The Morgan fingerprint density at radius 2 is 1.93 bits per heavy atom. The standard InChI is InChI=1S/C24H23N3O2/c1-4-6-17(5-2)13-14-26-24(28)22-12-9-19-15-25-16-21(23(19)27-22)18-7-10-20(29-3)11-8-18/h4-12,15-16H,1-2,13-14H2,3H3,(H,26,28)/b17-6+. The summed E-state index contributed by atoms with van der Waals surface area (Å²) >= 11 is 0. The second-order valence-electron chi connectivity index (χ2n) is 6.37. The van der Waals surface area contributed by atoms with Crippen LogP contribution in [0.3, 0.4) is 0 Å². The van der Waals surface area contributed by atoms with Crippen LogP contribution in [0.15, 0.2) is 85.8 Å². The number of carbonyl (C=O) groups is 1. The van der Waals surface area contributed by atoms with Gasteiger partial charge in [-0.3, -0.25) is 9.78 Å². The molecule has 1 amide bonds. The number of carbonyl (C=O) groups excluding carboxylic acids is 1. The van der Waals surface area contributed by atoms with Crippen LogP contribution in [-0.2, 0) is 0 Å². The lowest BCUT2D eigenvalue weighted by Gasteiger charge is -2.09. The average Bonchev–Trinajstić information content (AvgIpc) is 2.77. The van der Waals surface area contributed by atoms with E-state index in [1.165, 1.54) is 0 Å². The molecule has 5 heteroatoms. The van der Waals surface area contributed by atoms with E-state index in [-0.39, 0.29) is 5.91 Å². The first kappa shape index (κ1) is 20.0. The molecule has 5 nitrogen and oxygen atoms in total. The lowest BCUT2D eigenvalue weighted by molar-refractivity contribution is 0.0949. The van der Waals surface area contributed by atoms with Gasteiger partial charge in [-0.1, -0.05) is 43.5 Å². The summed E-state index contributed by atoms with van der Waals surface area (Å²) in [7, 11) is 1.63. The molecule has 0 radical (unpaired) electrons. The van der Waals surface area contributed by atoms with Crippen LogP contribution in [0.2, 0.25) is 0 Å². The van der Waals surface area contributed by atoms with Crippen LogP contribution in [0.4, 0.5) is 0 Å². The number of ether oxygens (including phenoxy) is 1. The lowest BCUT2D eigenvalue weighted by atomic mass is 10.0. The smallest absolute Gasteiger partial charge is 0.269 e. The first-order chi connectivity index (χ1) is 14.2. The van der Waals surface area contributed by atoms with Gasteiger partial charge in [0, 0.05) is 29.9 Å². The van der Waals surface area contributed by atoms with Crippen molar-refractivity contribution in [1.82, 2.24) is 15.3 Å². The fourth-order valence-electron chi connectivity index (χ4n) is 2.97. The number of pyridine rings is 2. The maximum absolute atomic E-state index is 12.6. The SMILES string of the molecule is C=C/C=C(\C=C)CCNC(=O)c1ccc2cncc(-c3ccc(OC)cc3)c2n1. The molecule has 3 rings (SSSR count). The number of amides is 1. The van der Waals surface area contributed by atoms with Gasteiger partial charge >= 0.3 is 0 Å². The Hall–Kier alpha value is -3.73. The molecule has 2 aromatic heterocycles. The first-order valence-electron chi connectivity index (χ1n) is 9.27. The van der Waals surface area contributed by atoms with Crippen molar-refractivity contribution in [3.05, 3.63) is 91.4 Å². The summed E-state index contributed by atoms with van der Waals surface area (Å²) in [5, 5.41) is 3.78. The number of nitrogens with zero attached hydrogens (tertiary/aromatic N) is 2. The molecule has 146 valence electrons. The number of aromatic nitrogens is 2. The van der Waals surface area contributed by atoms with Gasteiger partial charge in [-0.25, -0.2) is 4.98 Å². The van der Waals surface area contributed by atoms with Gasteiger partial charge in [-0.2, -0.15) is 0 Å². The van der Waals surface area contributed by atoms with E-state index in [9.17, 15) is 4.79 Å². The zero-order valence-corrected chi connectivity index (χ0v) is 16.4. The number of allylic oxidation sites excluding steroid dienone is 3. The second-order valence-corrected chi connectivity index (χ2v) is 6.37. The van der Waals surface area contributed by atoms with Crippen molar-refractivity contribution >= 4 is 16.8 Å². The van der Waals surface area contributed by atoms with Crippen LogP contribution in [0.1, 0.15) is 16.9 Å². The van der Waals surface area contributed by atoms with Crippen molar-refractivity contribution in [2.45, 2.75) is 6.42 Å². The van der Waals surface area contributed by atoms with E-state index in [2.05, 4.69) is 28.4 Å². The Kier molecular flexibility index (Phi) is 6.53. The number of rotatable bonds is 8. The highest BCUT2D eigenvalue weighted by atomic mass is 16.5. The Bertz CT molecular complexity index is 1070. The molecule has 0 aliphatic carbocycles. The Labute approximate surface area is 170 Å². The summed E-state index contributed by atoms with van der Waals surface area (Å²) in [6, 6.07) is 11.3. The minimum Gasteiger partial charge on any atom is -0.497 e. The molecule has 3 aromatic rings. The number of methoxy groups -OCH3 is 1. The summed E-state index contributed by atoms with van der Waals surface area (Å²) in [6.45, 7) is 7.93. The van der Waals surface area contributed by atoms with Crippen molar-refractivity contribution < 1.29 is 9.53 Å². The van der Waals surface area contributed by atoms with E-state index < -0.39 is 0 Å². The summed E-state index contributed by atoms with van der Waals surface area (Å²) in [6.07, 6.45) is 9.52. The van der Waals surface area contributed by atoms with Gasteiger partial charge in [0.15, 0.2) is 0 Å². The van der Waals surface area contributed by atoms with Gasteiger partial charge in [0.25, 0.3) is 5.91 Å². The minimum absolute atomic E-state index is 0.216. The summed E-state index contributed by atoms with van der Waals surface area (Å²) in [5.41, 5.74) is 3.93. The maximum atomic E-state index is 12.6. The fraction of sp³-hybridized carbons (Fsp3) is 0.125. The van der Waals surface area contributed by atoms with Crippen molar-refractivity contribution in [1.29, 1.82) is 0 Å². The van der Waals surface area contributed by atoms with E-state index in [4.69, 9.17) is 4.74 Å². The second kappa shape index (κ2) is 9.46. The quantitative estimate of drug-likeness (QED) is 0.570. The molecule has 1 aromatic carbocycles. The molecular formula is C24H23N3O2. The summed E-state index contributed by atoms with van der Waals surface area (Å²) in [5.74, 6) is 0.561. The predicted octanol–water partition coefficient (Wildman–Crippen LogP) is 4.72. The third kappa shape index (κ3) is 4.76. The van der Waals surface area contributed by atoms with Crippen LogP contribution in [0.5, 0.6) is 5.75 Å². The van der Waals surface area contributed by atoms with Crippen LogP contribution >= 0.6 is 0 Å². The molecule has 0 aliphatic rings. The first-order valence-corrected chi connectivity index (χ1v) is 9.27. The minimum atomic E-state index is -0.216. The predicted molar refractivity (Wildman–Crippen MR) is 117 cm³/mol. The highest BCUT2D eigenvalue weighted by molar-refractivity contribution is 5.98. The molecule has 0 aliphatic heterocycles.